The maximum atomic E-state index is 13.5. The number of fused-ring (bicyclic) bond motifs is 1. The first kappa shape index (κ1) is 19.0. The summed E-state index contributed by atoms with van der Waals surface area (Å²) < 4.78 is 53.1. The molecule has 24 heavy (non-hydrogen) atoms. The van der Waals surface area contributed by atoms with Gasteiger partial charge in [0.25, 0.3) is 0 Å². The van der Waals surface area contributed by atoms with Crippen molar-refractivity contribution in [2.45, 2.75) is 0 Å². The van der Waals surface area contributed by atoms with E-state index in [9.17, 15) is 17.6 Å². The molecule has 124 valence electrons. The monoisotopic (exact) mass is 409 g/mol. The summed E-state index contributed by atoms with van der Waals surface area (Å²) >= 11 is -0.556. The van der Waals surface area contributed by atoms with E-state index in [-0.39, 0.29) is 6.07 Å². The number of benzene rings is 2. The van der Waals surface area contributed by atoms with Crippen molar-refractivity contribution in [2.24, 2.45) is 4.99 Å². The zero-order valence-corrected chi connectivity index (χ0v) is 14.8. The molecule has 0 aliphatic rings. The van der Waals surface area contributed by atoms with Gasteiger partial charge in [0, 0.05) is 12.3 Å². The van der Waals surface area contributed by atoms with Gasteiger partial charge in [0.2, 0.25) is 0 Å². The fraction of sp³-hybridized carbons (Fsp3) is 0. The summed E-state index contributed by atoms with van der Waals surface area (Å²) in [6.07, 6.45) is 2.70. The van der Waals surface area contributed by atoms with Gasteiger partial charge >= 0.3 is 35.6 Å². The average Bonchev–Trinajstić information content (AvgIpc) is 3.03. The first-order valence-electron chi connectivity index (χ1n) is 6.33. The average molecular weight is 410 g/mol. The second-order valence-corrected chi connectivity index (χ2v) is 6.96. The van der Waals surface area contributed by atoms with Gasteiger partial charge in [-0.1, -0.05) is 24.3 Å². The van der Waals surface area contributed by atoms with Gasteiger partial charge in [-0.05, 0) is 10.9 Å². The van der Waals surface area contributed by atoms with E-state index in [2.05, 4.69) is 9.98 Å². The molecule has 0 aliphatic heterocycles. The van der Waals surface area contributed by atoms with Crippen LogP contribution in [-0.2, 0) is 17.0 Å². The Hall–Kier alpha value is -1.34. The Morgan fingerprint density at radius 1 is 1.00 bits per heavy atom. The summed E-state index contributed by atoms with van der Waals surface area (Å²) in [5, 5.41) is 0.824. The normalized spacial score (nSPS) is 10.8. The Morgan fingerprint density at radius 3 is 2.25 bits per heavy atom. The molecular formula is C15H7Cl2F4N2Ti-. The number of aliphatic imine (C=N–C) groups is 1. The van der Waals surface area contributed by atoms with Crippen molar-refractivity contribution < 1.29 is 34.6 Å². The van der Waals surface area contributed by atoms with Crippen LogP contribution in [0.3, 0.4) is 0 Å². The van der Waals surface area contributed by atoms with Crippen LogP contribution >= 0.6 is 18.6 Å². The standard InChI is InChI=1S/C15H7F4N2.2ClH.Ti/c16-10-6-11(17)13(19)15(12(10)18)21-7-9-3-1-2-8-4-5-20-14(8)9;;;/h1-7H;2*1H;/q-1;;;+2/p-2. The first-order valence-corrected chi connectivity index (χ1v) is 10.6. The molecule has 1 heterocycles. The third-order valence-corrected chi connectivity index (χ3v) is 2.98. The molecular weight excluding hydrogens is 403 g/mol. The molecule has 2 nitrogen and oxygen atoms in total. The van der Waals surface area contributed by atoms with Crippen LogP contribution in [0.15, 0.2) is 41.5 Å². The fourth-order valence-corrected chi connectivity index (χ4v) is 1.97. The molecule has 0 radical (unpaired) electrons. The van der Waals surface area contributed by atoms with Gasteiger partial charge in [0.05, 0.1) is 0 Å². The van der Waals surface area contributed by atoms with Crippen molar-refractivity contribution in [3.05, 3.63) is 65.4 Å². The zero-order valence-electron chi connectivity index (χ0n) is 11.7. The summed E-state index contributed by atoms with van der Waals surface area (Å²) in [4.78, 5) is 7.62. The number of halogens is 6. The zero-order chi connectivity index (χ0) is 17.7. The molecule has 0 amide bonds. The van der Waals surface area contributed by atoms with E-state index >= 15 is 0 Å². The maximum absolute atomic E-state index is 13.5. The second kappa shape index (κ2) is 8.67. The summed E-state index contributed by atoms with van der Waals surface area (Å²) in [6.45, 7) is 0. The molecule has 0 bridgehead atoms. The van der Waals surface area contributed by atoms with Crippen LogP contribution in [0.2, 0.25) is 0 Å². The molecule has 1 aromatic heterocycles. The Balaban J connectivity index is 0.000000647. The van der Waals surface area contributed by atoms with E-state index in [4.69, 9.17) is 18.6 Å². The molecule has 0 saturated carbocycles. The summed E-state index contributed by atoms with van der Waals surface area (Å²) in [7, 11) is 9.78. The number of aromatic nitrogens is 1. The summed E-state index contributed by atoms with van der Waals surface area (Å²) in [5.41, 5.74) is 0.0657. The molecule has 0 N–H and O–H groups in total. The van der Waals surface area contributed by atoms with Crippen LogP contribution in [0, 0.1) is 23.3 Å². The predicted molar refractivity (Wildman–Crippen MR) is 82.5 cm³/mol. The van der Waals surface area contributed by atoms with Crippen molar-refractivity contribution in [1.82, 2.24) is 4.98 Å². The second-order valence-electron chi connectivity index (χ2n) is 4.38. The van der Waals surface area contributed by atoms with Gasteiger partial charge in [0.1, 0.15) is 5.69 Å². The third kappa shape index (κ3) is 4.19. The molecule has 0 saturated heterocycles. The van der Waals surface area contributed by atoms with Gasteiger partial charge in [-0.25, -0.2) is 22.6 Å². The quantitative estimate of drug-likeness (QED) is 0.238. The minimum atomic E-state index is -1.53. The number of hydrogen-bond donors (Lipinski definition) is 0. The number of para-hydroxylation sites is 1. The van der Waals surface area contributed by atoms with Crippen molar-refractivity contribution >= 4 is 41.4 Å². The van der Waals surface area contributed by atoms with Crippen LogP contribution in [0.1, 0.15) is 5.56 Å². The number of rotatable bonds is 2. The molecule has 0 spiro atoms. The SMILES string of the molecule is Fc1cc(F)c(F)c(N=Cc2cccc3cc[n-]c23)c1F.[Cl][Ti][Cl]. The minimum absolute atomic E-state index is 0.142. The number of nitrogens with zero attached hydrogens (tertiary/aromatic N) is 2. The van der Waals surface area contributed by atoms with Crippen LogP contribution in [-0.4, -0.2) is 6.21 Å². The van der Waals surface area contributed by atoms with E-state index in [1.54, 1.807) is 24.4 Å². The van der Waals surface area contributed by atoms with Crippen molar-refractivity contribution in [1.29, 1.82) is 0 Å². The number of hydrogen-bond acceptors (Lipinski definition) is 1. The molecule has 0 fully saturated rings. The summed E-state index contributed by atoms with van der Waals surface area (Å²) in [6, 6.07) is 7.05. The van der Waals surface area contributed by atoms with Gasteiger partial charge in [-0.2, -0.15) is 6.20 Å². The Morgan fingerprint density at radius 2 is 1.62 bits per heavy atom. The Kier molecular flexibility index (Phi) is 6.86. The topological polar surface area (TPSA) is 26.5 Å². The molecule has 3 rings (SSSR count). The molecule has 2 aromatic carbocycles. The molecule has 0 aliphatic carbocycles. The van der Waals surface area contributed by atoms with Gasteiger partial charge in [0.15, 0.2) is 23.3 Å². The third-order valence-electron chi connectivity index (χ3n) is 2.98. The molecule has 0 atom stereocenters. The molecule has 9 heteroatoms. The Bertz CT molecular complexity index is 857. The van der Waals surface area contributed by atoms with Crippen molar-refractivity contribution in [2.75, 3.05) is 0 Å². The van der Waals surface area contributed by atoms with E-state index in [1.807, 2.05) is 6.07 Å². The molecule has 0 unspecified atom stereocenters. The van der Waals surface area contributed by atoms with Crippen molar-refractivity contribution in [3.8, 4) is 0 Å². The van der Waals surface area contributed by atoms with Gasteiger partial charge < -0.3 is 4.98 Å². The first-order chi connectivity index (χ1) is 11.5. The van der Waals surface area contributed by atoms with Crippen LogP contribution in [0.25, 0.3) is 10.9 Å². The van der Waals surface area contributed by atoms with E-state index < -0.39 is 46.0 Å². The van der Waals surface area contributed by atoms with Crippen LogP contribution in [0.4, 0.5) is 23.2 Å². The van der Waals surface area contributed by atoms with E-state index in [0.717, 1.165) is 11.6 Å². The van der Waals surface area contributed by atoms with E-state index in [0.29, 0.717) is 11.1 Å². The van der Waals surface area contributed by atoms with Gasteiger partial charge in [-0.15, -0.1) is 5.52 Å². The molecule has 3 aromatic rings. The van der Waals surface area contributed by atoms with Crippen LogP contribution < -0.4 is 4.98 Å². The summed E-state index contributed by atoms with van der Waals surface area (Å²) in [5.74, 6) is -6.06. The fourth-order valence-electron chi connectivity index (χ4n) is 1.97. The van der Waals surface area contributed by atoms with Crippen molar-refractivity contribution in [3.63, 3.8) is 0 Å². The van der Waals surface area contributed by atoms with Crippen LogP contribution in [0.5, 0.6) is 0 Å². The predicted octanol–water partition coefficient (Wildman–Crippen LogP) is 5.48. The van der Waals surface area contributed by atoms with Gasteiger partial charge in [-0.3, -0.25) is 0 Å². The Labute approximate surface area is 151 Å². The van der Waals surface area contributed by atoms with E-state index in [1.165, 1.54) is 0 Å².